The third-order valence-electron chi connectivity index (χ3n) is 2.57. The van der Waals surface area contributed by atoms with Crippen LogP contribution in [0.2, 0.25) is 0 Å². The van der Waals surface area contributed by atoms with Gasteiger partial charge in [-0.15, -0.1) is 10.2 Å². The van der Waals surface area contributed by atoms with E-state index in [1.165, 1.54) is 5.56 Å². The number of aliphatic imine (C=N–C) groups is 1. The van der Waals surface area contributed by atoms with E-state index < -0.39 is 0 Å². The number of thioether (sulfide) groups is 1. The van der Waals surface area contributed by atoms with Gasteiger partial charge in [-0.25, -0.2) is 4.99 Å². The minimum Gasteiger partial charge on any atom is -0.494 e. The first-order chi connectivity index (χ1) is 8.86. The molecule has 92 valence electrons. The van der Waals surface area contributed by atoms with Crippen LogP contribution in [0.4, 0.5) is 5.69 Å². The highest BCUT2D eigenvalue weighted by Crippen LogP contribution is 2.33. The molecule has 0 unspecified atom stereocenters. The molecule has 0 radical (unpaired) electrons. The summed E-state index contributed by atoms with van der Waals surface area (Å²) in [5, 5.41) is 8.48. The van der Waals surface area contributed by atoms with E-state index in [0.29, 0.717) is 6.61 Å². The second-order valence-electron chi connectivity index (χ2n) is 3.78. The molecule has 3 rings (SSSR count). The number of rotatable bonds is 2. The Morgan fingerprint density at radius 1 is 1.33 bits per heavy atom. The molecule has 5 nitrogen and oxygen atoms in total. The van der Waals surface area contributed by atoms with Crippen LogP contribution in [0.15, 0.2) is 35.8 Å². The zero-order valence-corrected chi connectivity index (χ0v) is 10.7. The highest BCUT2D eigenvalue weighted by atomic mass is 32.2. The third-order valence-corrected chi connectivity index (χ3v) is 3.59. The number of ether oxygens (including phenoxy) is 1. The minimum absolute atomic E-state index is 0.682. The molecule has 1 aliphatic rings. The van der Waals surface area contributed by atoms with Gasteiger partial charge in [-0.3, -0.25) is 4.57 Å². The Bertz CT molecular complexity index is 580. The molecule has 0 saturated heterocycles. The molecule has 0 bridgehead atoms. The molecule has 0 aliphatic carbocycles. The summed E-state index contributed by atoms with van der Waals surface area (Å²) in [6.45, 7) is 2.66. The summed E-state index contributed by atoms with van der Waals surface area (Å²) in [6.07, 6.45) is 3.32. The maximum Gasteiger partial charge on any atom is 0.175 e. The van der Waals surface area contributed by atoms with Crippen LogP contribution in [-0.4, -0.2) is 26.5 Å². The van der Waals surface area contributed by atoms with E-state index in [1.807, 2.05) is 23.6 Å². The summed E-state index contributed by atoms with van der Waals surface area (Å²) in [6, 6.07) is 5.99. The van der Waals surface area contributed by atoms with Crippen molar-refractivity contribution in [1.29, 1.82) is 0 Å². The highest BCUT2D eigenvalue weighted by Gasteiger charge is 2.14. The molecule has 1 aromatic carbocycles. The first-order valence-electron chi connectivity index (χ1n) is 5.69. The monoisotopic (exact) mass is 260 g/mol. The number of aromatic nitrogens is 3. The van der Waals surface area contributed by atoms with E-state index in [-0.39, 0.29) is 0 Å². The summed E-state index contributed by atoms with van der Waals surface area (Å²) in [5.74, 6) is 1.78. The minimum atomic E-state index is 0.682. The number of fused-ring (bicyclic) bond motifs is 1. The molecule has 0 spiro atoms. The predicted molar refractivity (Wildman–Crippen MR) is 71.4 cm³/mol. The molecule has 0 amide bonds. The smallest absolute Gasteiger partial charge is 0.175 e. The van der Waals surface area contributed by atoms with Gasteiger partial charge in [-0.2, -0.15) is 0 Å². The van der Waals surface area contributed by atoms with Gasteiger partial charge in [0.2, 0.25) is 0 Å². The first kappa shape index (κ1) is 11.3. The van der Waals surface area contributed by atoms with Gasteiger partial charge in [-0.05, 0) is 30.7 Å². The van der Waals surface area contributed by atoms with Gasteiger partial charge in [0.05, 0.1) is 12.3 Å². The Balaban J connectivity index is 1.93. The van der Waals surface area contributed by atoms with Gasteiger partial charge in [0.25, 0.3) is 0 Å². The van der Waals surface area contributed by atoms with Gasteiger partial charge in [-0.1, -0.05) is 11.8 Å². The topological polar surface area (TPSA) is 52.3 Å². The van der Waals surface area contributed by atoms with Gasteiger partial charge in [0, 0.05) is 5.75 Å². The van der Waals surface area contributed by atoms with Crippen molar-refractivity contribution in [2.75, 3.05) is 6.61 Å². The van der Waals surface area contributed by atoms with E-state index >= 15 is 0 Å². The summed E-state index contributed by atoms with van der Waals surface area (Å²) in [4.78, 5) is 4.60. The lowest BCUT2D eigenvalue weighted by Crippen LogP contribution is -2.08. The lowest BCUT2D eigenvalue weighted by Gasteiger charge is -2.15. The Kier molecular flexibility index (Phi) is 3.02. The van der Waals surface area contributed by atoms with Crippen LogP contribution in [0.3, 0.4) is 0 Å². The Labute approximate surface area is 109 Å². The lowest BCUT2D eigenvalue weighted by atomic mass is 10.2. The molecular formula is C12H12N4OS. The van der Waals surface area contributed by atoms with Crippen molar-refractivity contribution in [2.45, 2.75) is 12.7 Å². The fourth-order valence-electron chi connectivity index (χ4n) is 1.75. The van der Waals surface area contributed by atoms with E-state index in [9.17, 15) is 0 Å². The van der Waals surface area contributed by atoms with Crippen molar-refractivity contribution in [3.05, 3.63) is 36.4 Å². The maximum atomic E-state index is 5.49. The number of hydrogen-bond donors (Lipinski definition) is 0. The van der Waals surface area contributed by atoms with Crippen LogP contribution in [0, 0.1) is 0 Å². The number of benzene rings is 1. The molecule has 18 heavy (non-hydrogen) atoms. The normalized spacial score (nSPS) is 13.9. The summed E-state index contributed by atoms with van der Waals surface area (Å²) in [5.41, 5.74) is 2.18. The zero-order valence-electron chi connectivity index (χ0n) is 9.91. The summed E-state index contributed by atoms with van der Waals surface area (Å²) >= 11 is 1.67. The zero-order chi connectivity index (χ0) is 12.4. The Morgan fingerprint density at radius 2 is 2.17 bits per heavy atom. The molecular weight excluding hydrogens is 248 g/mol. The van der Waals surface area contributed by atoms with Crippen LogP contribution in [0.1, 0.15) is 12.5 Å². The van der Waals surface area contributed by atoms with Crippen LogP contribution in [0.25, 0.3) is 0 Å². The molecule has 0 N–H and O–H groups in total. The van der Waals surface area contributed by atoms with Crippen molar-refractivity contribution >= 4 is 22.6 Å². The molecule has 0 fully saturated rings. The second-order valence-corrected chi connectivity index (χ2v) is 4.72. The van der Waals surface area contributed by atoms with Crippen molar-refractivity contribution in [3.8, 4) is 5.75 Å². The van der Waals surface area contributed by atoms with E-state index in [2.05, 4.69) is 21.3 Å². The molecule has 0 saturated carbocycles. The SMILES string of the molecule is CCOc1ccc2c(c1)CSC(n1cnnc1)=N2. The highest BCUT2D eigenvalue weighted by molar-refractivity contribution is 8.13. The van der Waals surface area contributed by atoms with Crippen molar-refractivity contribution in [1.82, 2.24) is 14.8 Å². The third kappa shape index (κ3) is 2.11. The van der Waals surface area contributed by atoms with E-state index in [0.717, 1.165) is 22.4 Å². The first-order valence-corrected chi connectivity index (χ1v) is 6.67. The quantitative estimate of drug-likeness (QED) is 0.832. The van der Waals surface area contributed by atoms with Crippen LogP contribution >= 0.6 is 11.8 Å². The molecule has 6 heteroatoms. The molecule has 1 aromatic heterocycles. The molecule has 2 heterocycles. The largest absolute Gasteiger partial charge is 0.494 e. The van der Waals surface area contributed by atoms with Gasteiger partial charge < -0.3 is 4.74 Å². The van der Waals surface area contributed by atoms with Crippen molar-refractivity contribution < 1.29 is 4.74 Å². The van der Waals surface area contributed by atoms with Crippen molar-refractivity contribution in [2.24, 2.45) is 4.99 Å². The number of nitrogens with zero attached hydrogens (tertiary/aromatic N) is 4. The standard InChI is InChI=1S/C12H12N4OS/c1-2-17-10-3-4-11-9(5-10)6-18-12(15-11)16-7-13-14-8-16/h3-5,7-8H,2,6H2,1H3. The lowest BCUT2D eigenvalue weighted by molar-refractivity contribution is 0.340. The predicted octanol–water partition coefficient (Wildman–Crippen LogP) is 2.46. The van der Waals surface area contributed by atoms with Gasteiger partial charge in [0.15, 0.2) is 5.17 Å². The Hall–Kier alpha value is -1.82. The molecule has 0 atom stereocenters. The van der Waals surface area contributed by atoms with E-state index in [4.69, 9.17) is 4.74 Å². The van der Waals surface area contributed by atoms with E-state index in [1.54, 1.807) is 24.4 Å². The molecule has 1 aliphatic heterocycles. The van der Waals surface area contributed by atoms with Crippen LogP contribution in [-0.2, 0) is 5.75 Å². The summed E-state index contributed by atoms with van der Waals surface area (Å²) in [7, 11) is 0. The van der Waals surface area contributed by atoms with Crippen LogP contribution in [0.5, 0.6) is 5.75 Å². The number of hydrogen-bond acceptors (Lipinski definition) is 5. The molecule has 2 aromatic rings. The fraction of sp³-hybridized carbons (Fsp3) is 0.250. The maximum absolute atomic E-state index is 5.49. The second kappa shape index (κ2) is 4.81. The Morgan fingerprint density at radius 3 is 2.94 bits per heavy atom. The average molecular weight is 260 g/mol. The van der Waals surface area contributed by atoms with Crippen LogP contribution < -0.4 is 4.74 Å². The van der Waals surface area contributed by atoms with Crippen molar-refractivity contribution in [3.63, 3.8) is 0 Å². The van der Waals surface area contributed by atoms with Gasteiger partial charge >= 0.3 is 0 Å². The van der Waals surface area contributed by atoms with Gasteiger partial charge in [0.1, 0.15) is 18.4 Å². The fourth-order valence-corrected chi connectivity index (χ4v) is 2.67. The summed E-state index contributed by atoms with van der Waals surface area (Å²) < 4.78 is 7.31. The average Bonchev–Trinajstić information content (AvgIpc) is 2.92.